The fourth-order valence-corrected chi connectivity index (χ4v) is 4.06. The number of aryl methyl sites for hydroxylation is 2. The summed E-state index contributed by atoms with van der Waals surface area (Å²) in [6, 6.07) is 20.8. The molecule has 1 heterocycles. The van der Waals surface area contributed by atoms with Gasteiger partial charge in [0.25, 0.3) is 0 Å². The first-order chi connectivity index (χ1) is 13.1. The summed E-state index contributed by atoms with van der Waals surface area (Å²) in [6.45, 7) is 4.03. The third-order valence-corrected chi connectivity index (χ3v) is 5.22. The van der Waals surface area contributed by atoms with Crippen LogP contribution in [0.5, 0.6) is 0 Å². The average molecular weight is 355 g/mol. The Morgan fingerprint density at radius 2 is 1.59 bits per heavy atom. The first-order valence-electron chi connectivity index (χ1n) is 9.11. The zero-order valence-electron chi connectivity index (χ0n) is 15.4. The van der Waals surface area contributed by atoms with E-state index in [1.54, 1.807) is 0 Å². The number of aldehydes is 1. The van der Waals surface area contributed by atoms with Gasteiger partial charge in [-0.15, -0.1) is 0 Å². The van der Waals surface area contributed by atoms with Crippen molar-refractivity contribution in [2.75, 3.05) is 0 Å². The van der Waals surface area contributed by atoms with E-state index >= 15 is 0 Å². The minimum absolute atomic E-state index is 0.00577. The molecule has 1 aliphatic rings. The van der Waals surface area contributed by atoms with Crippen LogP contribution in [0.4, 0.5) is 0 Å². The van der Waals surface area contributed by atoms with Crippen LogP contribution in [0.1, 0.15) is 55.8 Å². The molecule has 0 saturated heterocycles. The molecule has 3 heteroatoms. The number of rotatable bonds is 4. The highest BCUT2D eigenvalue weighted by Gasteiger charge is 2.34. The van der Waals surface area contributed by atoms with Crippen molar-refractivity contribution < 1.29 is 9.59 Å². The number of hydrogen-bond acceptors (Lipinski definition) is 3. The van der Waals surface area contributed by atoms with Crippen LogP contribution < -0.4 is 5.32 Å². The molecular weight excluding hydrogens is 334 g/mol. The molecule has 0 amide bonds. The van der Waals surface area contributed by atoms with Crippen LogP contribution in [-0.2, 0) is 4.79 Å². The van der Waals surface area contributed by atoms with Gasteiger partial charge in [0.1, 0.15) is 6.29 Å². The van der Waals surface area contributed by atoms with Gasteiger partial charge in [0.15, 0.2) is 5.78 Å². The Labute approximate surface area is 159 Å². The average Bonchev–Trinajstić information content (AvgIpc) is 3.06. The van der Waals surface area contributed by atoms with Crippen LogP contribution in [-0.4, -0.2) is 12.1 Å². The lowest BCUT2D eigenvalue weighted by Crippen LogP contribution is -2.23. The topological polar surface area (TPSA) is 46.2 Å². The van der Waals surface area contributed by atoms with Gasteiger partial charge < -0.3 is 4.79 Å². The molecule has 3 nitrogen and oxygen atoms in total. The zero-order valence-corrected chi connectivity index (χ0v) is 15.4. The molecule has 0 aliphatic carbocycles. The van der Waals surface area contributed by atoms with Crippen molar-refractivity contribution in [2.24, 2.45) is 0 Å². The maximum Gasteiger partial charge on any atom is 0.193 e. The van der Waals surface area contributed by atoms with Gasteiger partial charge in [-0.25, -0.2) is 0 Å². The van der Waals surface area contributed by atoms with Crippen molar-refractivity contribution in [3.8, 4) is 0 Å². The minimum atomic E-state index is -0.355. The van der Waals surface area contributed by atoms with Crippen molar-refractivity contribution in [3.63, 3.8) is 0 Å². The second-order valence-corrected chi connectivity index (χ2v) is 7.08. The van der Waals surface area contributed by atoms with E-state index in [0.717, 1.165) is 34.1 Å². The van der Waals surface area contributed by atoms with Gasteiger partial charge in [0.05, 0.1) is 12.1 Å². The third-order valence-electron chi connectivity index (χ3n) is 5.22. The predicted molar refractivity (Wildman–Crippen MR) is 106 cm³/mol. The molecule has 0 bridgehead atoms. The monoisotopic (exact) mass is 355 g/mol. The summed E-state index contributed by atoms with van der Waals surface area (Å²) in [7, 11) is 0. The van der Waals surface area contributed by atoms with Crippen molar-refractivity contribution in [3.05, 3.63) is 106 Å². The van der Waals surface area contributed by atoms with Gasteiger partial charge in [-0.2, -0.15) is 0 Å². The SMILES string of the molecule is Cc1cc(C)c(C2NC(C=O)c3ccccc32)c(C(=O)c2ccccc2)c1. The molecule has 134 valence electrons. The molecule has 0 radical (unpaired) electrons. The van der Waals surface area contributed by atoms with Crippen LogP contribution in [0.2, 0.25) is 0 Å². The first-order valence-corrected chi connectivity index (χ1v) is 9.11. The summed E-state index contributed by atoms with van der Waals surface area (Å²) < 4.78 is 0. The molecule has 3 aromatic carbocycles. The fraction of sp³-hybridized carbons (Fsp3) is 0.167. The van der Waals surface area contributed by atoms with Crippen molar-refractivity contribution >= 4 is 12.1 Å². The smallest absolute Gasteiger partial charge is 0.193 e. The minimum Gasteiger partial charge on any atom is -0.301 e. The van der Waals surface area contributed by atoms with Crippen LogP contribution >= 0.6 is 0 Å². The highest BCUT2D eigenvalue weighted by atomic mass is 16.1. The summed E-state index contributed by atoms with van der Waals surface area (Å²) in [5.74, 6) is 0.00577. The maximum absolute atomic E-state index is 13.3. The van der Waals surface area contributed by atoms with Crippen LogP contribution in [0, 0.1) is 13.8 Å². The summed E-state index contributed by atoms with van der Waals surface area (Å²) in [5, 5.41) is 3.41. The number of carbonyl (C=O) groups is 2. The van der Waals surface area contributed by atoms with Gasteiger partial charge in [-0.1, -0.05) is 66.2 Å². The van der Waals surface area contributed by atoms with Gasteiger partial charge >= 0.3 is 0 Å². The number of nitrogens with one attached hydrogen (secondary N) is 1. The molecule has 1 aliphatic heterocycles. The number of ketones is 1. The quantitative estimate of drug-likeness (QED) is 0.555. The number of hydrogen-bond donors (Lipinski definition) is 1. The zero-order chi connectivity index (χ0) is 19.0. The van der Waals surface area contributed by atoms with Crippen molar-refractivity contribution in [1.82, 2.24) is 5.32 Å². The molecule has 27 heavy (non-hydrogen) atoms. The van der Waals surface area contributed by atoms with E-state index in [2.05, 4.69) is 11.4 Å². The first kappa shape index (κ1) is 17.4. The van der Waals surface area contributed by atoms with E-state index in [9.17, 15) is 9.59 Å². The van der Waals surface area contributed by atoms with E-state index in [0.29, 0.717) is 11.1 Å². The largest absolute Gasteiger partial charge is 0.301 e. The molecule has 1 N–H and O–H groups in total. The van der Waals surface area contributed by atoms with Crippen LogP contribution in [0.3, 0.4) is 0 Å². The van der Waals surface area contributed by atoms with E-state index in [1.807, 2.05) is 74.5 Å². The Bertz CT molecular complexity index is 1020. The lowest BCUT2D eigenvalue weighted by molar-refractivity contribution is -0.109. The van der Waals surface area contributed by atoms with E-state index in [1.165, 1.54) is 0 Å². The molecule has 0 aromatic heterocycles. The lowest BCUT2D eigenvalue weighted by atomic mass is 9.86. The maximum atomic E-state index is 13.3. The molecule has 0 saturated carbocycles. The molecular formula is C24H21NO2. The Balaban J connectivity index is 1.90. The van der Waals surface area contributed by atoms with Crippen LogP contribution in [0.25, 0.3) is 0 Å². The number of benzene rings is 3. The van der Waals surface area contributed by atoms with E-state index < -0.39 is 0 Å². The summed E-state index contributed by atoms with van der Waals surface area (Å²) in [5.41, 5.74) is 6.45. The molecule has 0 spiro atoms. The van der Waals surface area contributed by atoms with E-state index in [4.69, 9.17) is 0 Å². The molecule has 3 aromatic rings. The highest BCUT2D eigenvalue weighted by molar-refractivity contribution is 6.10. The fourth-order valence-electron chi connectivity index (χ4n) is 4.06. The van der Waals surface area contributed by atoms with Crippen molar-refractivity contribution in [2.45, 2.75) is 25.9 Å². The van der Waals surface area contributed by atoms with Gasteiger partial charge in [-0.3, -0.25) is 10.1 Å². The Hall–Kier alpha value is -3.04. The van der Waals surface area contributed by atoms with E-state index in [-0.39, 0.29) is 17.9 Å². The Morgan fingerprint density at radius 1 is 0.926 bits per heavy atom. The third kappa shape index (κ3) is 3.00. The summed E-state index contributed by atoms with van der Waals surface area (Å²) in [6.07, 6.45) is 0.932. The Kier molecular flexibility index (Phi) is 4.46. The summed E-state index contributed by atoms with van der Waals surface area (Å²) >= 11 is 0. The van der Waals surface area contributed by atoms with Crippen molar-refractivity contribution in [1.29, 1.82) is 0 Å². The molecule has 4 rings (SSSR count). The normalized spacial score (nSPS) is 18.1. The number of carbonyl (C=O) groups excluding carboxylic acids is 2. The summed E-state index contributed by atoms with van der Waals surface area (Å²) in [4.78, 5) is 24.9. The van der Waals surface area contributed by atoms with Gasteiger partial charge in [0, 0.05) is 11.1 Å². The molecule has 0 fully saturated rings. The molecule has 2 atom stereocenters. The highest BCUT2D eigenvalue weighted by Crippen LogP contribution is 2.39. The standard InChI is InChI=1S/C24H21NO2/c1-15-12-16(2)22(20(13-15)24(27)17-8-4-3-5-9-17)23-19-11-7-6-10-18(19)21(14-26)25-23/h3-14,21,23,25H,1-2H3. The second kappa shape index (κ2) is 6.93. The Morgan fingerprint density at radius 3 is 2.30 bits per heavy atom. The molecule has 2 unspecified atom stereocenters. The lowest BCUT2D eigenvalue weighted by Gasteiger charge is -2.21. The van der Waals surface area contributed by atoms with Gasteiger partial charge in [0.2, 0.25) is 0 Å². The van der Waals surface area contributed by atoms with Gasteiger partial charge in [-0.05, 0) is 42.2 Å². The second-order valence-electron chi connectivity index (χ2n) is 7.08. The number of fused-ring (bicyclic) bond motifs is 1. The van der Waals surface area contributed by atoms with Crippen LogP contribution in [0.15, 0.2) is 66.7 Å². The predicted octanol–water partition coefficient (Wildman–Crippen LogP) is 4.47.